The molecule has 0 radical (unpaired) electrons. The zero-order valence-corrected chi connectivity index (χ0v) is 6.59. The fourth-order valence-corrected chi connectivity index (χ4v) is 1.03. The highest BCUT2D eigenvalue weighted by Gasteiger charge is 2.23. The second-order valence-electron chi connectivity index (χ2n) is 3.08. The Morgan fingerprint density at radius 3 is 2.30 bits per heavy atom. The van der Waals surface area contributed by atoms with Crippen LogP contribution in [-0.2, 0) is 0 Å². The molecule has 0 saturated carbocycles. The minimum absolute atomic E-state index is 0.0799. The molecule has 1 heteroatoms. The molecule has 1 aliphatic heterocycles. The summed E-state index contributed by atoms with van der Waals surface area (Å²) >= 11 is 0. The Morgan fingerprint density at radius 2 is 1.90 bits per heavy atom. The molecule has 1 aliphatic rings. The first-order valence-electron chi connectivity index (χ1n) is 3.54. The van der Waals surface area contributed by atoms with Crippen molar-refractivity contribution < 1.29 is 0 Å². The van der Waals surface area contributed by atoms with Crippen LogP contribution in [0.2, 0.25) is 0 Å². The zero-order valence-electron chi connectivity index (χ0n) is 6.59. The zero-order chi connectivity index (χ0) is 7.61. The fourth-order valence-electron chi connectivity index (χ4n) is 1.03. The molecule has 0 atom stereocenters. The Morgan fingerprint density at radius 1 is 1.40 bits per heavy atom. The number of nitrogens with zero attached hydrogens (tertiary/aromatic N) is 1. The van der Waals surface area contributed by atoms with Gasteiger partial charge in [0, 0.05) is 13.1 Å². The van der Waals surface area contributed by atoms with Gasteiger partial charge in [-0.15, -0.1) is 6.42 Å². The molecule has 0 spiro atoms. The van der Waals surface area contributed by atoms with Crippen LogP contribution in [0.4, 0.5) is 0 Å². The van der Waals surface area contributed by atoms with Crippen LogP contribution in [0.3, 0.4) is 0 Å². The van der Waals surface area contributed by atoms with Gasteiger partial charge in [-0.25, -0.2) is 0 Å². The quantitative estimate of drug-likeness (QED) is 0.386. The van der Waals surface area contributed by atoms with E-state index in [1.54, 1.807) is 0 Å². The van der Waals surface area contributed by atoms with E-state index in [0.29, 0.717) is 0 Å². The normalized spacial score (nSPS) is 19.3. The molecule has 0 aliphatic carbocycles. The maximum absolute atomic E-state index is 5.37. The summed E-state index contributed by atoms with van der Waals surface area (Å²) in [5.41, 5.74) is -0.0799. The van der Waals surface area contributed by atoms with Gasteiger partial charge in [0.2, 0.25) is 0 Å². The molecule has 10 heavy (non-hydrogen) atoms. The molecule has 0 amide bonds. The maximum Gasteiger partial charge on any atom is 0.0771 e. The summed E-state index contributed by atoms with van der Waals surface area (Å²) in [7, 11) is 0. The minimum atomic E-state index is -0.0799. The smallest absolute Gasteiger partial charge is 0.0771 e. The van der Waals surface area contributed by atoms with Crippen molar-refractivity contribution in [1.82, 2.24) is 4.90 Å². The predicted molar refractivity (Wildman–Crippen MR) is 43.6 cm³/mol. The summed E-state index contributed by atoms with van der Waals surface area (Å²) in [6.07, 6.45) is 9.67. The van der Waals surface area contributed by atoms with Crippen molar-refractivity contribution in [3.8, 4) is 12.3 Å². The van der Waals surface area contributed by atoms with E-state index in [9.17, 15) is 0 Å². The van der Waals surface area contributed by atoms with Gasteiger partial charge in [0.15, 0.2) is 0 Å². The van der Waals surface area contributed by atoms with E-state index in [4.69, 9.17) is 6.42 Å². The molecule has 1 nitrogen and oxygen atoms in total. The summed E-state index contributed by atoms with van der Waals surface area (Å²) in [5.74, 6) is 2.77. The fraction of sp³-hybridized carbons (Fsp3) is 0.556. The Kier molecular flexibility index (Phi) is 1.82. The Bertz CT molecular complexity index is 175. The molecule has 54 valence electrons. The molecular weight excluding hydrogens is 122 g/mol. The standard InChI is InChI=1S/C9H13N/c1-4-9(2,3)10-7-5-6-8-10/h1,5-6H,7-8H2,2-3H3. The third kappa shape index (κ3) is 1.22. The van der Waals surface area contributed by atoms with E-state index < -0.39 is 0 Å². The molecule has 0 aromatic heterocycles. The van der Waals surface area contributed by atoms with Gasteiger partial charge < -0.3 is 0 Å². The Balaban J connectivity index is 2.59. The van der Waals surface area contributed by atoms with Crippen molar-refractivity contribution >= 4 is 0 Å². The van der Waals surface area contributed by atoms with Gasteiger partial charge in [0.05, 0.1) is 5.54 Å². The molecule has 0 saturated heterocycles. The first-order valence-corrected chi connectivity index (χ1v) is 3.54. The van der Waals surface area contributed by atoms with Gasteiger partial charge in [-0.3, -0.25) is 4.90 Å². The van der Waals surface area contributed by atoms with Crippen molar-refractivity contribution in [2.75, 3.05) is 13.1 Å². The van der Waals surface area contributed by atoms with Gasteiger partial charge in [-0.05, 0) is 13.8 Å². The summed E-state index contributed by atoms with van der Waals surface area (Å²) in [4.78, 5) is 2.26. The number of rotatable bonds is 1. The third-order valence-corrected chi connectivity index (χ3v) is 1.96. The van der Waals surface area contributed by atoms with E-state index in [-0.39, 0.29) is 5.54 Å². The van der Waals surface area contributed by atoms with Crippen molar-refractivity contribution in [1.29, 1.82) is 0 Å². The van der Waals surface area contributed by atoms with Crippen LogP contribution in [0.1, 0.15) is 13.8 Å². The third-order valence-electron chi connectivity index (χ3n) is 1.96. The van der Waals surface area contributed by atoms with E-state index >= 15 is 0 Å². The highest BCUT2D eigenvalue weighted by atomic mass is 15.2. The molecule has 1 rings (SSSR count). The van der Waals surface area contributed by atoms with Crippen LogP contribution in [0.25, 0.3) is 0 Å². The van der Waals surface area contributed by atoms with Gasteiger partial charge >= 0.3 is 0 Å². The lowest BCUT2D eigenvalue weighted by Gasteiger charge is -2.29. The topological polar surface area (TPSA) is 3.24 Å². The molecule has 1 heterocycles. The Hall–Kier alpha value is -0.740. The van der Waals surface area contributed by atoms with E-state index in [0.717, 1.165) is 13.1 Å². The monoisotopic (exact) mass is 135 g/mol. The second-order valence-corrected chi connectivity index (χ2v) is 3.08. The highest BCUT2D eigenvalue weighted by Crippen LogP contribution is 2.15. The molecular formula is C9H13N. The summed E-state index contributed by atoms with van der Waals surface area (Å²) in [6.45, 7) is 6.13. The van der Waals surface area contributed by atoms with E-state index in [1.165, 1.54) is 0 Å². The molecule has 0 N–H and O–H groups in total. The van der Waals surface area contributed by atoms with Crippen LogP contribution in [0.5, 0.6) is 0 Å². The highest BCUT2D eigenvalue weighted by molar-refractivity contribution is 5.13. The first kappa shape index (κ1) is 7.37. The molecule has 0 aromatic carbocycles. The summed E-state index contributed by atoms with van der Waals surface area (Å²) < 4.78 is 0. The van der Waals surface area contributed by atoms with Gasteiger partial charge in [0.25, 0.3) is 0 Å². The van der Waals surface area contributed by atoms with Crippen LogP contribution in [0.15, 0.2) is 12.2 Å². The van der Waals surface area contributed by atoms with Gasteiger partial charge in [-0.2, -0.15) is 0 Å². The molecule has 0 unspecified atom stereocenters. The van der Waals surface area contributed by atoms with E-state index in [1.807, 2.05) is 0 Å². The number of hydrogen-bond donors (Lipinski definition) is 0. The lowest BCUT2D eigenvalue weighted by atomic mass is 10.1. The maximum atomic E-state index is 5.37. The average Bonchev–Trinajstić information content (AvgIpc) is 2.38. The SMILES string of the molecule is C#CC(C)(C)N1CC=CC1. The van der Waals surface area contributed by atoms with Crippen molar-refractivity contribution in [3.63, 3.8) is 0 Å². The van der Waals surface area contributed by atoms with Crippen LogP contribution in [0, 0.1) is 12.3 Å². The van der Waals surface area contributed by atoms with Crippen molar-refractivity contribution in [3.05, 3.63) is 12.2 Å². The second kappa shape index (κ2) is 2.48. The summed E-state index contributed by atoms with van der Waals surface area (Å²) in [6, 6.07) is 0. The van der Waals surface area contributed by atoms with Crippen molar-refractivity contribution in [2.24, 2.45) is 0 Å². The van der Waals surface area contributed by atoms with Crippen LogP contribution < -0.4 is 0 Å². The summed E-state index contributed by atoms with van der Waals surface area (Å²) in [5, 5.41) is 0. The lowest BCUT2D eigenvalue weighted by molar-refractivity contribution is 0.224. The van der Waals surface area contributed by atoms with Gasteiger partial charge in [-0.1, -0.05) is 18.1 Å². The molecule has 0 fully saturated rings. The minimum Gasteiger partial charge on any atom is -0.280 e. The Labute approximate surface area is 62.7 Å². The van der Waals surface area contributed by atoms with Gasteiger partial charge in [0.1, 0.15) is 0 Å². The van der Waals surface area contributed by atoms with Crippen LogP contribution in [-0.4, -0.2) is 23.5 Å². The number of terminal acetylenes is 1. The molecule has 0 bridgehead atoms. The lowest BCUT2D eigenvalue weighted by Crippen LogP contribution is -2.40. The predicted octanol–water partition coefficient (Wildman–Crippen LogP) is 1.27. The molecule has 0 aromatic rings. The number of hydrogen-bond acceptors (Lipinski definition) is 1. The average molecular weight is 135 g/mol. The largest absolute Gasteiger partial charge is 0.280 e. The van der Waals surface area contributed by atoms with Crippen LogP contribution >= 0.6 is 0 Å². The first-order chi connectivity index (χ1) is 4.67. The van der Waals surface area contributed by atoms with E-state index in [2.05, 4.69) is 36.8 Å². The van der Waals surface area contributed by atoms with Crippen molar-refractivity contribution in [2.45, 2.75) is 19.4 Å².